The lowest BCUT2D eigenvalue weighted by Gasteiger charge is -2.27. The maximum absolute atomic E-state index is 12.2. The molecule has 3 atom stereocenters. The maximum Gasteiger partial charge on any atom is 0.242 e. The van der Waals surface area contributed by atoms with Gasteiger partial charge in [-0.05, 0) is 25.2 Å². The topological polar surface area (TPSA) is 70.7 Å². The van der Waals surface area contributed by atoms with Crippen LogP contribution in [0.15, 0.2) is 0 Å². The Balaban J connectivity index is 1.43. The van der Waals surface area contributed by atoms with Crippen molar-refractivity contribution in [3.8, 4) is 0 Å². The van der Waals surface area contributed by atoms with E-state index < -0.39 is 0 Å². The van der Waals surface area contributed by atoms with Gasteiger partial charge in [0.25, 0.3) is 0 Å². The van der Waals surface area contributed by atoms with Crippen LogP contribution < -0.4 is 10.6 Å². The van der Waals surface area contributed by atoms with Gasteiger partial charge in [-0.1, -0.05) is 12.8 Å². The van der Waals surface area contributed by atoms with Crippen molar-refractivity contribution < 1.29 is 14.3 Å². The Morgan fingerprint density at radius 1 is 1.19 bits per heavy atom. The standard InChI is InChI=1S/C15H25N3O3/c19-14(18-5-7-21-8-6-18)10-16-15(20)13-9-11-3-1-2-4-12(11)17-13/h11-13,17H,1-10H2,(H,16,20). The number of carbonyl (C=O) groups is 2. The van der Waals surface area contributed by atoms with Crippen molar-refractivity contribution in [2.45, 2.75) is 44.2 Å². The summed E-state index contributed by atoms with van der Waals surface area (Å²) in [5, 5.41) is 6.24. The van der Waals surface area contributed by atoms with Gasteiger partial charge >= 0.3 is 0 Å². The van der Waals surface area contributed by atoms with Crippen molar-refractivity contribution in [2.75, 3.05) is 32.8 Å². The summed E-state index contributed by atoms with van der Waals surface area (Å²) in [6, 6.07) is 0.389. The SMILES string of the molecule is O=C(NCC(=O)N1CCOCC1)C1CC2CCCCC2N1. The second kappa shape index (κ2) is 6.75. The third-order valence-electron chi connectivity index (χ3n) is 4.96. The zero-order valence-electron chi connectivity index (χ0n) is 12.5. The number of nitrogens with zero attached hydrogens (tertiary/aromatic N) is 1. The van der Waals surface area contributed by atoms with Gasteiger partial charge in [-0.3, -0.25) is 9.59 Å². The van der Waals surface area contributed by atoms with Gasteiger partial charge in [0.1, 0.15) is 0 Å². The van der Waals surface area contributed by atoms with Gasteiger partial charge in [0.15, 0.2) is 0 Å². The number of ether oxygens (including phenoxy) is 1. The molecule has 118 valence electrons. The highest BCUT2D eigenvalue weighted by Gasteiger charge is 2.38. The molecule has 1 saturated carbocycles. The van der Waals surface area contributed by atoms with Gasteiger partial charge in [-0.25, -0.2) is 0 Å². The Labute approximate surface area is 125 Å². The van der Waals surface area contributed by atoms with E-state index in [9.17, 15) is 9.59 Å². The molecular weight excluding hydrogens is 270 g/mol. The molecule has 1 aliphatic carbocycles. The lowest BCUT2D eigenvalue weighted by molar-refractivity contribution is -0.136. The number of carbonyl (C=O) groups excluding carboxylic acids is 2. The molecule has 6 nitrogen and oxygen atoms in total. The third kappa shape index (κ3) is 3.55. The number of rotatable bonds is 3. The largest absolute Gasteiger partial charge is 0.378 e. The van der Waals surface area contributed by atoms with Crippen molar-refractivity contribution in [1.82, 2.24) is 15.5 Å². The fourth-order valence-electron chi connectivity index (χ4n) is 3.73. The number of hydrogen-bond acceptors (Lipinski definition) is 4. The van der Waals surface area contributed by atoms with Crippen molar-refractivity contribution >= 4 is 11.8 Å². The Morgan fingerprint density at radius 3 is 2.71 bits per heavy atom. The molecule has 3 aliphatic rings. The quantitative estimate of drug-likeness (QED) is 0.762. The summed E-state index contributed by atoms with van der Waals surface area (Å²) in [5.41, 5.74) is 0. The number of morpholine rings is 1. The van der Waals surface area contributed by atoms with E-state index in [1.807, 2.05) is 0 Å². The molecule has 2 heterocycles. The minimum atomic E-state index is -0.115. The monoisotopic (exact) mass is 295 g/mol. The number of fused-ring (bicyclic) bond motifs is 1. The highest BCUT2D eigenvalue weighted by molar-refractivity contribution is 5.87. The molecule has 0 bridgehead atoms. The van der Waals surface area contributed by atoms with Gasteiger partial charge < -0.3 is 20.3 Å². The van der Waals surface area contributed by atoms with Gasteiger partial charge in [-0.15, -0.1) is 0 Å². The number of nitrogens with one attached hydrogen (secondary N) is 2. The average molecular weight is 295 g/mol. The minimum absolute atomic E-state index is 0.0120. The highest BCUT2D eigenvalue weighted by Crippen LogP contribution is 2.33. The zero-order valence-corrected chi connectivity index (χ0v) is 12.5. The lowest BCUT2D eigenvalue weighted by Crippen LogP contribution is -2.49. The van der Waals surface area contributed by atoms with Gasteiger partial charge in [-0.2, -0.15) is 0 Å². The van der Waals surface area contributed by atoms with Crippen LogP contribution in [0.25, 0.3) is 0 Å². The van der Waals surface area contributed by atoms with E-state index in [0.717, 1.165) is 6.42 Å². The second-order valence-corrected chi connectivity index (χ2v) is 6.32. The Kier molecular flexibility index (Phi) is 4.75. The Morgan fingerprint density at radius 2 is 1.95 bits per heavy atom. The van der Waals surface area contributed by atoms with E-state index in [4.69, 9.17) is 4.74 Å². The highest BCUT2D eigenvalue weighted by atomic mass is 16.5. The summed E-state index contributed by atoms with van der Waals surface area (Å²) < 4.78 is 5.22. The molecule has 2 saturated heterocycles. The van der Waals surface area contributed by atoms with E-state index in [0.29, 0.717) is 38.3 Å². The van der Waals surface area contributed by atoms with E-state index >= 15 is 0 Å². The number of amides is 2. The fraction of sp³-hybridized carbons (Fsp3) is 0.867. The van der Waals surface area contributed by atoms with Crippen LogP contribution in [-0.4, -0.2) is 61.6 Å². The van der Waals surface area contributed by atoms with Crippen LogP contribution >= 0.6 is 0 Å². The van der Waals surface area contributed by atoms with Crippen LogP contribution in [0.4, 0.5) is 0 Å². The number of hydrogen-bond donors (Lipinski definition) is 2. The van der Waals surface area contributed by atoms with Crippen LogP contribution in [0.5, 0.6) is 0 Å². The predicted molar refractivity (Wildman–Crippen MR) is 77.7 cm³/mol. The second-order valence-electron chi connectivity index (χ2n) is 6.32. The molecule has 3 fully saturated rings. The molecule has 0 aromatic carbocycles. The molecular formula is C15H25N3O3. The molecule has 0 spiro atoms. The molecule has 0 radical (unpaired) electrons. The van der Waals surface area contributed by atoms with Crippen molar-refractivity contribution in [3.05, 3.63) is 0 Å². The zero-order chi connectivity index (χ0) is 14.7. The smallest absolute Gasteiger partial charge is 0.242 e. The third-order valence-corrected chi connectivity index (χ3v) is 4.96. The van der Waals surface area contributed by atoms with Crippen LogP contribution in [-0.2, 0) is 14.3 Å². The molecule has 3 rings (SSSR count). The fourth-order valence-corrected chi connectivity index (χ4v) is 3.73. The lowest BCUT2D eigenvalue weighted by atomic mass is 9.85. The molecule has 2 aliphatic heterocycles. The molecule has 0 aromatic heterocycles. The average Bonchev–Trinajstić information content (AvgIpc) is 2.97. The van der Waals surface area contributed by atoms with Crippen LogP contribution in [0.2, 0.25) is 0 Å². The van der Waals surface area contributed by atoms with Gasteiger partial charge in [0, 0.05) is 19.1 Å². The van der Waals surface area contributed by atoms with E-state index in [2.05, 4.69) is 10.6 Å². The van der Waals surface area contributed by atoms with Crippen LogP contribution in [0, 0.1) is 5.92 Å². The molecule has 6 heteroatoms. The predicted octanol–water partition coefficient (Wildman–Crippen LogP) is -0.118. The first kappa shape index (κ1) is 14.8. The first-order valence-electron chi connectivity index (χ1n) is 8.13. The Bertz CT molecular complexity index is 382. The van der Waals surface area contributed by atoms with E-state index in [1.165, 1.54) is 25.7 Å². The first-order valence-corrected chi connectivity index (χ1v) is 8.13. The molecule has 2 N–H and O–H groups in total. The summed E-state index contributed by atoms with van der Waals surface area (Å²) in [6.45, 7) is 2.54. The van der Waals surface area contributed by atoms with E-state index in [1.54, 1.807) is 4.90 Å². The van der Waals surface area contributed by atoms with Crippen molar-refractivity contribution in [2.24, 2.45) is 5.92 Å². The van der Waals surface area contributed by atoms with E-state index in [-0.39, 0.29) is 24.4 Å². The molecule has 3 unspecified atom stereocenters. The van der Waals surface area contributed by atoms with Crippen LogP contribution in [0.1, 0.15) is 32.1 Å². The summed E-state index contributed by atoms with van der Waals surface area (Å²) >= 11 is 0. The Hall–Kier alpha value is -1.14. The first-order chi connectivity index (χ1) is 10.2. The molecule has 21 heavy (non-hydrogen) atoms. The van der Waals surface area contributed by atoms with Gasteiger partial charge in [0.2, 0.25) is 11.8 Å². The van der Waals surface area contributed by atoms with Crippen LogP contribution in [0.3, 0.4) is 0 Å². The summed E-state index contributed by atoms with van der Waals surface area (Å²) in [6.07, 6.45) is 5.88. The maximum atomic E-state index is 12.2. The normalized spacial score (nSPS) is 32.6. The summed E-state index contributed by atoms with van der Waals surface area (Å²) in [4.78, 5) is 26.0. The molecule has 2 amide bonds. The summed E-state index contributed by atoms with van der Waals surface area (Å²) in [7, 11) is 0. The van der Waals surface area contributed by atoms with Gasteiger partial charge in [0.05, 0.1) is 25.8 Å². The van der Waals surface area contributed by atoms with Crippen molar-refractivity contribution in [3.63, 3.8) is 0 Å². The summed E-state index contributed by atoms with van der Waals surface area (Å²) in [5.74, 6) is 0.609. The van der Waals surface area contributed by atoms with Crippen molar-refractivity contribution in [1.29, 1.82) is 0 Å². The minimum Gasteiger partial charge on any atom is -0.378 e. The molecule has 0 aromatic rings.